The lowest BCUT2D eigenvalue weighted by Gasteiger charge is -2.32. The largest absolute Gasteiger partial charge is 0.310 e. The average Bonchev–Trinajstić information content (AvgIpc) is 3.56. The highest BCUT2D eigenvalue weighted by Gasteiger charge is 2.42. The van der Waals surface area contributed by atoms with Crippen LogP contribution in [0.15, 0.2) is 133 Å². The molecule has 0 saturated heterocycles. The van der Waals surface area contributed by atoms with Crippen LogP contribution in [0.1, 0.15) is 146 Å². The summed E-state index contributed by atoms with van der Waals surface area (Å²) in [6.45, 7) is 21.6. The van der Waals surface area contributed by atoms with Crippen LogP contribution in [0, 0.1) is 13.8 Å². The third kappa shape index (κ3) is 9.69. The summed E-state index contributed by atoms with van der Waals surface area (Å²) in [5, 5.41) is 4.19. The summed E-state index contributed by atoms with van der Waals surface area (Å²) in [4.78, 5) is 4.89. The summed E-state index contributed by atoms with van der Waals surface area (Å²) in [7, 11) is 0. The van der Waals surface area contributed by atoms with Crippen LogP contribution in [0.4, 0.5) is 34.1 Å². The van der Waals surface area contributed by atoms with Crippen molar-refractivity contribution in [1.82, 2.24) is 5.32 Å². The number of hydrogen-bond acceptors (Lipinski definition) is 3. The van der Waals surface area contributed by atoms with Crippen molar-refractivity contribution in [2.24, 2.45) is 0 Å². The van der Waals surface area contributed by atoms with Crippen LogP contribution < -0.4 is 15.1 Å². The molecule has 0 bridgehead atoms. The second kappa shape index (κ2) is 20.2. The molecule has 0 radical (unpaired) electrons. The maximum atomic E-state index is 4.19. The van der Waals surface area contributed by atoms with Crippen LogP contribution in [0.5, 0.6) is 0 Å². The molecule has 0 fully saturated rings. The minimum Gasteiger partial charge on any atom is -0.310 e. The number of unbranched alkanes of at least 4 members (excludes halogenated alkanes) is 5. The Bertz CT molecular complexity index is 2240. The molecule has 0 heterocycles. The Kier molecular flexibility index (Phi) is 14.9. The SMILES string of the molecule is CCCCCCCCNC1(I)c2cc(N(c3ccc(C)cc3)c3ccc(C(C)(CC)CC)cc3)ccc2-c2ccc(N(c3ccc(C)cc3)c3ccc(C(C)(CC)CC)cc3)cc21. The first-order valence-electron chi connectivity index (χ1n) is 24.1. The predicted molar refractivity (Wildman–Crippen MR) is 283 cm³/mol. The molecule has 0 aliphatic heterocycles. The molecule has 0 saturated carbocycles. The molecule has 6 aromatic rings. The summed E-state index contributed by atoms with van der Waals surface area (Å²) in [6, 6.07) is 51.2. The third-order valence-electron chi connectivity index (χ3n) is 14.8. The number of aryl methyl sites for hydroxylation is 2. The van der Waals surface area contributed by atoms with Gasteiger partial charge in [0.1, 0.15) is 3.55 Å². The van der Waals surface area contributed by atoms with Gasteiger partial charge in [0.05, 0.1) is 0 Å². The van der Waals surface area contributed by atoms with Crippen molar-refractivity contribution in [3.05, 3.63) is 167 Å². The van der Waals surface area contributed by atoms with E-state index in [1.165, 1.54) is 99.4 Å². The van der Waals surface area contributed by atoms with Gasteiger partial charge in [0, 0.05) is 34.1 Å². The van der Waals surface area contributed by atoms with Crippen LogP contribution in [0.3, 0.4) is 0 Å². The molecular weight excluding hydrogens is 878 g/mol. The monoisotopic (exact) mass is 949 g/mol. The third-order valence-corrected chi connectivity index (χ3v) is 16.3. The molecule has 0 amide bonds. The van der Waals surface area contributed by atoms with Crippen LogP contribution in [0.25, 0.3) is 11.1 Å². The molecule has 1 aliphatic carbocycles. The zero-order valence-electron chi connectivity index (χ0n) is 39.8. The van der Waals surface area contributed by atoms with E-state index in [0.717, 1.165) is 50.0 Å². The fraction of sp³-hybridized carbons (Fsp3) is 0.390. The van der Waals surface area contributed by atoms with Gasteiger partial charge in [0.15, 0.2) is 0 Å². The van der Waals surface area contributed by atoms with Crippen molar-refractivity contribution in [1.29, 1.82) is 0 Å². The van der Waals surface area contributed by atoms with E-state index in [2.05, 4.69) is 233 Å². The van der Waals surface area contributed by atoms with Crippen LogP contribution in [0.2, 0.25) is 0 Å². The summed E-state index contributed by atoms with van der Waals surface area (Å²) in [5.41, 5.74) is 17.9. The van der Waals surface area contributed by atoms with E-state index in [1.807, 2.05) is 0 Å². The lowest BCUT2D eigenvalue weighted by Crippen LogP contribution is -2.36. The summed E-state index contributed by atoms with van der Waals surface area (Å²) in [6.07, 6.45) is 12.1. The molecule has 63 heavy (non-hydrogen) atoms. The van der Waals surface area contributed by atoms with Gasteiger partial charge in [-0.1, -0.05) is 175 Å². The number of nitrogens with zero attached hydrogens (tertiary/aromatic N) is 2. The molecule has 4 heteroatoms. The zero-order chi connectivity index (χ0) is 44.8. The second-order valence-electron chi connectivity index (χ2n) is 18.8. The maximum absolute atomic E-state index is 4.19. The number of benzene rings is 6. The first-order valence-corrected chi connectivity index (χ1v) is 25.2. The van der Waals surface area contributed by atoms with E-state index in [1.54, 1.807) is 0 Å². The van der Waals surface area contributed by atoms with Crippen molar-refractivity contribution in [3.8, 4) is 11.1 Å². The Morgan fingerprint density at radius 3 is 1.14 bits per heavy atom. The number of halogens is 1. The van der Waals surface area contributed by atoms with E-state index in [4.69, 9.17) is 0 Å². The van der Waals surface area contributed by atoms with Gasteiger partial charge in [-0.25, -0.2) is 0 Å². The molecule has 330 valence electrons. The lowest BCUT2D eigenvalue weighted by atomic mass is 9.78. The fourth-order valence-corrected chi connectivity index (χ4v) is 10.7. The van der Waals surface area contributed by atoms with Crippen molar-refractivity contribution in [2.45, 2.75) is 141 Å². The lowest BCUT2D eigenvalue weighted by molar-refractivity contribution is 0.439. The standard InChI is InChI=1S/C59H72IN3/c1-10-15-16-17-18-19-40-61-59(60)55-41-51(62(47-28-20-43(6)21-29-47)49-32-24-45(25-33-49)57(8,11-2)12-3)36-38-53(55)54-39-37-52(42-56(54)59)63(48-30-22-44(7)23-31-48)50-34-26-46(27-35-50)58(9,13-4)14-5/h20-39,41-42,61H,10-19,40H2,1-9H3. The summed E-state index contributed by atoms with van der Waals surface area (Å²) < 4.78 is -0.433. The number of hydrogen-bond donors (Lipinski definition) is 1. The Hall–Kier alpha value is -4.39. The summed E-state index contributed by atoms with van der Waals surface area (Å²) in [5.74, 6) is 0. The van der Waals surface area contributed by atoms with Crippen LogP contribution in [-0.2, 0) is 14.4 Å². The topological polar surface area (TPSA) is 18.5 Å². The van der Waals surface area contributed by atoms with Gasteiger partial charge >= 0.3 is 0 Å². The van der Waals surface area contributed by atoms with Crippen LogP contribution >= 0.6 is 22.6 Å². The molecule has 3 nitrogen and oxygen atoms in total. The highest BCUT2D eigenvalue weighted by molar-refractivity contribution is 14.1. The number of anilines is 6. The number of fused-ring (bicyclic) bond motifs is 3. The van der Waals surface area contributed by atoms with Crippen LogP contribution in [-0.4, -0.2) is 6.54 Å². The maximum Gasteiger partial charge on any atom is 0.123 e. The summed E-state index contributed by atoms with van der Waals surface area (Å²) >= 11 is 2.76. The molecule has 0 aromatic heterocycles. The average molecular weight is 950 g/mol. The van der Waals surface area contributed by atoms with Gasteiger partial charge in [-0.15, -0.1) is 0 Å². The van der Waals surface area contributed by atoms with Crippen molar-refractivity contribution < 1.29 is 0 Å². The molecule has 1 N–H and O–H groups in total. The first-order chi connectivity index (χ1) is 30.4. The Balaban J connectivity index is 1.34. The molecule has 7 rings (SSSR count). The normalized spacial score (nSPS) is 13.2. The Labute approximate surface area is 394 Å². The smallest absolute Gasteiger partial charge is 0.123 e. The molecule has 0 atom stereocenters. The predicted octanol–water partition coefficient (Wildman–Crippen LogP) is 18.0. The highest BCUT2D eigenvalue weighted by Crippen LogP contribution is 2.55. The van der Waals surface area contributed by atoms with E-state index >= 15 is 0 Å². The first kappa shape index (κ1) is 46.6. The highest BCUT2D eigenvalue weighted by atomic mass is 127. The molecular formula is C59H72IN3. The number of alkyl halides is 1. The van der Waals surface area contributed by atoms with Crippen molar-refractivity contribution >= 4 is 56.7 Å². The zero-order valence-corrected chi connectivity index (χ0v) is 41.9. The number of nitrogens with one attached hydrogen (secondary N) is 1. The second-order valence-corrected chi connectivity index (χ2v) is 20.4. The minimum atomic E-state index is -0.433. The van der Waals surface area contributed by atoms with Gasteiger partial charge in [0.2, 0.25) is 0 Å². The Morgan fingerprint density at radius 1 is 0.444 bits per heavy atom. The van der Waals surface area contributed by atoms with E-state index < -0.39 is 3.55 Å². The Morgan fingerprint density at radius 2 is 0.778 bits per heavy atom. The molecule has 1 aliphatic rings. The van der Waals surface area contributed by atoms with Gasteiger partial charge in [-0.2, -0.15) is 0 Å². The van der Waals surface area contributed by atoms with Gasteiger partial charge in [-0.3, -0.25) is 5.32 Å². The van der Waals surface area contributed by atoms with E-state index in [9.17, 15) is 0 Å². The van der Waals surface area contributed by atoms with Crippen molar-refractivity contribution in [3.63, 3.8) is 0 Å². The van der Waals surface area contributed by atoms with Gasteiger partial charge in [-0.05, 0) is 170 Å². The van der Waals surface area contributed by atoms with E-state index in [0.29, 0.717) is 0 Å². The minimum absolute atomic E-state index is 0.165. The van der Waals surface area contributed by atoms with Crippen molar-refractivity contribution in [2.75, 3.05) is 16.3 Å². The fourth-order valence-electron chi connectivity index (χ4n) is 9.51. The molecule has 0 unspecified atom stereocenters. The number of rotatable bonds is 20. The quantitative estimate of drug-likeness (QED) is 0.0356. The van der Waals surface area contributed by atoms with Gasteiger partial charge < -0.3 is 9.80 Å². The van der Waals surface area contributed by atoms with E-state index in [-0.39, 0.29) is 10.8 Å². The molecule has 0 spiro atoms. The van der Waals surface area contributed by atoms with Gasteiger partial charge in [0.25, 0.3) is 0 Å². The molecule has 6 aromatic carbocycles.